The molecule has 1 aliphatic carbocycles. The van der Waals surface area contributed by atoms with Gasteiger partial charge in [-0.2, -0.15) is 0 Å². The molecule has 0 saturated carbocycles. The second-order valence-corrected chi connectivity index (χ2v) is 13.2. The van der Waals surface area contributed by atoms with Gasteiger partial charge in [-0.25, -0.2) is 0 Å². The number of allylic oxidation sites excluding steroid dienone is 1. The first kappa shape index (κ1) is 27.2. The van der Waals surface area contributed by atoms with Gasteiger partial charge < -0.3 is 0 Å². The molecular weight excluding hydrogens is 577 g/mol. The van der Waals surface area contributed by atoms with Gasteiger partial charge >= 0.3 is 0 Å². The number of fused-ring (bicyclic) bond motifs is 2. The van der Waals surface area contributed by atoms with Crippen molar-refractivity contribution in [1.29, 1.82) is 0 Å². The second kappa shape index (κ2) is 10.8. The molecule has 10 rings (SSSR count). The van der Waals surface area contributed by atoms with Crippen molar-refractivity contribution in [2.75, 3.05) is 0 Å². The van der Waals surface area contributed by atoms with Crippen molar-refractivity contribution in [3.63, 3.8) is 0 Å². The summed E-state index contributed by atoms with van der Waals surface area (Å²) in [5, 5.41) is 10.4. The topological polar surface area (TPSA) is 0 Å². The molecular formula is C48H32. The third-order valence-electron chi connectivity index (χ3n) is 10.5. The molecule has 0 radical (unpaired) electrons. The summed E-state index contributed by atoms with van der Waals surface area (Å²) >= 11 is 0. The molecule has 0 heterocycles. The van der Waals surface area contributed by atoms with Crippen molar-refractivity contribution in [3.8, 4) is 44.5 Å². The molecule has 9 aromatic carbocycles. The maximum absolute atomic E-state index is 2.34. The molecule has 0 saturated heterocycles. The van der Waals surface area contributed by atoms with E-state index in [1.165, 1.54) is 98.7 Å². The average molecular weight is 609 g/mol. The van der Waals surface area contributed by atoms with Gasteiger partial charge in [0.05, 0.1) is 0 Å². The lowest BCUT2D eigenvalue weighted by Crippen LogP contribution is -1.94. The summed E-state index contributed by atoms with van der Waals surface area (Å²) in [6.07, 6.45) is 6.84. The van der Waals surface area contributed by atoms with Gasteiger partial charge in [0.15, 0.2) is 0 Å². The third kappa shape index (κ3) is 4.30. The predicted molar refractivity (Wildman–Crippen MR) is 207 cm³/mol. The Bertz CT molecular complexity index is 2680. The fraction of sp³-hybridized carbons (Fsp3) is 0.0417. The Hall–Kier alpha value is -5.98. The lowest BCUT2D eigenvalue weighted by molar-refractivity contribution is 0.986. The number of rotatable bonds is 4. The summed E-state index contributed by atoms with van der Waals surface area (Å²) < 4.78 is 0. The maximum atomic E-state index is 2.34. The van der Waals surface area contributed by atoms with Crippen LogP contribution in [0.4, 0.5) is 0 Å². The highest BCUT2D eigenvalue weighted by molar-refractivity contribution is 6.27. The van der Waals surface area contributed by atoms with E-state index in [4.69, 9.17) is 0 Å². The molecule has 0 unspecified atom stereocenters. The summed E-state index contributed by atoms with van der Waals surface area (Å²) in [5.41, 5.74) is 12.9. The first-order chi connectivity index (χ1) is 23.8. The van der Waals surface area contributed by atoms with Gasteiger partial charge in [0.2, 0.25) is 0 Å². The van der Waals surface area contributed by atoms with Crippen LogP contribution in [0.3, 0.4) is 0 Å². The Labute approximate surface area is 280 Å². The molecule has 9 aromatic rings. The standard InChI is InChI=1S/C48H32/c1-2-8-39-30-40(21-14-31(39)6-1)32-12-15-35(16-13-32)43-26-22-37-25-29-46-44(27-23-38-24-28-45(43)47(37)48(38)46)36-19-17-34(18-20-36)42-11-5-9-33-7-3-4-10-41(33)42/h2-5,7-30H,1,6H2. The van der Waals surface area contributed by atoms with E-state index >= 15 is 0 Å². The van der Waals surface area contributed by atoms with Crippen LogP contribution in [-0.2, 0) is 6.42 Å². The van der Waals surface area contributed by atoms with E-state index in [2.05, 4.69) is 170 Å². The lowest BCUT2D eigenvalue weighted by atomic mass is 9.86. The summed E-state index contributed by atoms with van der Waals surface area (Å²) in [4.78, 5) is 0. The van der Waals surface area contributed by atoms with Crippen LogP contribution in [0.25, 0.3) is 93.7 Å². The minimum absolute atomic E-state index is 1.14. The lowest BCUT2D eigenvalue weighted by Gasteiger charge is -2.17. The number of hydrogen-bond donors (Lipinski definition) is 0. The predicted octanol–water partition coefficient (Wildman–Crippen LogP) is 13.4. The van der Waals surface area contributed by atoms with Crippen molar-refractivity contribution in [1.82, 2.24) is 0 Å². The molecule has 224 valence electrons. The van der Waals surface area contributed by atoms with Crippen molar-refractivity contribution >= 4 is 49.2 Å². The Morgan fingerprint density at radius 2 is 0.896 bits per heavy atom. The largest absolute Gasteiger partial charge is 0.0836 e. The SMILES string of the molecule is C1=Cc2cc(-c3ccc(-c4ccc5ccc6c(-c7ccc(-c8cccc9ccccc89)cc7)ccc7ccc4c5c76)cc3)ccc2CC1. The highest BCUT2D eigenvalue weighted by Gasteiger charge is 2.16. The molecule has 0 N–H and O–H groups in total. The van der Waals surface area contributed by atoms with Gasteiger partial charge in [0, 0.05) is 0 Å². The molecule has 48 heavy (non-hydrogen) atoms. The molecule has 0 spiro atoms. The molecule has 1 aliphatic rings. The Balaban J connectivity index is 1.06. The molecule has 0 atom stereocenters. The van der Waals surface area contributed by atoms with E-state index in [1.807, 2.05) is 0 Å². The molecule has 0 amide bonds. The fourth-order valence-electron chi connectivity index (χ4n) is 8.06. The van der Waals surface area contributed by atoms with E-state index in [1.54, 1.807) is 0 Å². The zero-order valence-corrected chi connectivity index (χ0v) is 26.6. The normalized spacial score (nSPS) is 12.8. The van der Waals surface area contributed by atoms with Crippen LogP contribution in [0.5, 0.6) is 0 Å². The van der Waals surface area contributed by atoms with Crippen LogP contribution in [0, 0.1) is 0 Å². The van der Waals surface area contributed by atoms with Crippen LogP contribution >= 0.6 is 0 Å². The monoisotopic (exact) mass is 608 g/mol. The summed E-state index contributed by atoms with van der Waals surface area (Å²) in [6, 6.07) is 58.8. The molecule has 0 fully saturated rings. The fourth-order valence-corrected chi connectivity index (χ4v) is 8.06. The number of aryl methyl sites for hydroxylation is 1. The van der Waals surface area contributed by atoms with E-state index in [0.717, 1.165) is 12.8 Å². The average Bonchev–Trinajstić information content (AvgIpc) is 3.16. The van der Waals surface area contributed by atoms with Gasteiger partial charge in [-0.1, -0.05) is 164 Å². The van der Waals surface area contributed by atoms with Gasteiger partial charge in [-0.15, -0.1) is 0 Å². The van der Waals surface area contributed by atoms with Gasteiger partial charge in [-0.3, -0.25) is 0 Å². The van der Waals surface area contributed by atoms with Gasteiger partial charge in [0.1, 0.15) is 0 Å². The summed E-state index contributed by atoms with van der Waals surface area (Å²) in [6.45, 7) is 0. The van der Waals surface area contributed by atoms with Gasteiger partial charge in [0.25, 0.3) is 0 Å². The highest BCUT2D eigenvalue weighted by Crippen LogP contribution is 2.43. The van der Waals surface area contributed by atoms with Crippen LogP contribution in [0.15, 0.2) is 164 Å². The Morgan fingerprint density at radius 3 is 1.56 bits per heavy atom. The molecule has 0 bridgehead atoms. The van der Waals surface area contributed by atoms with Crippen LogP contribution in [0.1, 0.15) is 17.5 Å². The Kier molecular flexibility index (Phi) is 6.11. The quantitative estimate of drug-likeness (QED) is 0.174. The number of hydrogen-bond acceptors (Lipinski definition) is 0. The van der Waals surface area contributed by atoms with Gasteiger partial charge in [-0.05, 0) is 118 Å². The zero-order valence-electron chi connectivity index (χ0n) is 26.6. The molecule has 0 aromatic heterocycles. The summed E-state index contributed by atoms with van der Waals surface area (Å²) in [7, 11) is 0. The minimum atomic E-state index is 1.14. The van der Waals surface area contributed by atoms with Crippen molar-refractivity contribution in [2.45, 2.75) is 12.8 Å². The van der Waals surface area contributed by atoms with Crippen LogP contribution in [-0.4, -0.2) is 0 Å². The molecule has 0 aliphatic heterocycles. The molecule has 0 nitrogen and oxygen atoms in total. The maximum Gasteiger partial charge on any atom is -0.00203 e. The van der Waals surface area contributed by atoms with Crippen LogP contribution < -0.4 is 0 Å². The second-order valence-electron chi connectivity index (χ2n) is 13.2. The Morgan fingerprint density at radius 1 is 0.354 bits per heavy atom. The van der Waals surface area contributed by atoms with E-state index < -0.39 is 0 Å². The van der Waals surface area contributed by atoms with E-state index in [-0.39, 0.29) is 0 Å². The number of benzene rings is 9. The third-order valence-corrected chi connectivity index (χ3v) is 10.5. The zero-order chi connectivity index (χ0) is 31.6. The van der Waals surface area contributed by atoms with E-state index in [0.29, 0.717) is 0 Å². The molecule has 0 heteroatoms. The summed E-state index contributed by atoms with van der Waals surface area (Å²) in [5.74, 6) is 0. The van der Waals surface area contributed by atoms with E-state index in [9.17, 15) is 0 Å². The smallest absolute Gasteiger partial charge is 0.00203 e. The van der Waals surface area contributed by atoms with Crippen LogP contribution in [0.2, 0.25) is 0 Å². The van der Waals surface area contributed by atoms with Crippen molar-refractivity contribution in [3.05, 3.63) is 175 Å². The highest BCUT2D eigenvalue weighted by atomic mass is 14.2. The first-order valence-corrected chi connectivity index (χ1v) is 17.0. The first-order valence-electron chi connectivity index (χ1n) is 17.0. The van der Waals surface area contributed by atoms with Crippen molar-refractivity contribution < 1.29 is 0 Å². The minimum Gasteiger partial charge on any atom is -0.0836 e. The van der Waals surface area contributed by atoms with Crippen molar-refractivity contribution in [2.24, 2.45) is 0 Å².